The van der Waals surface area contributed by atoms with E-state index in [9.17, 15) is 4.79 Å². The van der Waals surface area contributed by atoms with Gasteiger partial charge in [0.2, 0.25) is 0 Å². The van der Waals surface area contributed by atoms with E-state index in [4.69, 9.17) is 10.5 Å². The standard InChI is InChI=1S/C9H17N3O2/c10-8-1-2-11(7-8)3-4-12-5-6-14-9(12)13/h8H,1-7,10H2. The van der Waals surface area contributed by atoms with Gasteiger partial charge < -0.3 is 15.4 Å². The third kappa shape index (κ3) is 2.16. The Hall–Kier alpha value is -0.810. The lowest BCUT2D eigenvalue weighted by atomic mass is 10.3. The summed E-state index contributed by atoms with van der Waals surface area (Å²) in [7, 11) is 0. The van der Waals surface area contributed by atoms with Gasteiger partial charge in [-0.3, -0.25) is 4.90 Å². The molecule has 2 N–H and O–H groups in total. The highest BCUT2D eigenvalue weighted by atomic mass is 16.6. The van der Waals surface area contributed by atoms with Crippen LogP contribution in [-0.4, -0.2) is 61.3 Å². The highest BCUT2D eigenvalue weighted by Crippen LogP contribution is 2.08. The Labute approximate surface area is 83.8 Å². The summed E-state index contributed by atoms with van der Waals surface area (Å²) >= 11 is 0. The van der Waals surface area contributed by atoms with Crippen LogP contribution in [0.3, 0.4) is 0 Å². The molecule has 2 aliphatic rings. The maximum Gasteiger partial charge on any atom is 0.409 e. The van der Waals surface area contributed by atoms with Crippen LogP contribution in [0.4, 0.5) is 4.79 Å². The Bertz CT molecular complexity index is 222. The zero-order chi connectivity index (χ0) is 9.97. The first-order chi connectivity index (χ1) is 6.75. The number of rotatable bonds is 3. The van der Waals surface area contributed by atoms with Crippen LogP contribution < -0.4 is 5.73 Å². The first-order valence-electron chi connectivity index (χ1n) is 5.15. The van der Waals surface area contributed by atoms with Crippen molar-refractivity contribution in [1.29, 1.82) is 0 Å². The fourth-order valence-corrected chi connectivity index (χ4v) is 1.96. The molecule has 5 nitrogen and oxygen atoms in total. The monoisotopic (exact) mass is 199 g/mol. The molecule has 0 saturated carbocycles. The summed E-state index contributed by atoms with van der Waals surface area (Å²) in [5.41, 5.74) is 5.79. The molecule has 0 spiro atoms. The maximum atomic E-state index is 11.1. The van der Waals surface area contributed by atoms with E-state index in [-0.39, 0.29) is 6.09 Å². The molecule has 0 aliphatic carbocycles. The predicted molar refractivity (Wildman–Crippen MR) is 52.0 cm³/mol. The molecule has 2 fully saturated rings. The van der Waals surface area contributed by atoms with Crippen LogP contribution in [0.2, 0.25) is 0 Å². The third-order valence-corrected chi connectivity index (χ3v) is 2.84. The first kappa shape index (κ1) is 9.73. The minimum Gasteiger partial charge on any atom is -0.448 e. The van der Waals surface area contributed by atoms with Crippen molar-refractivity contribution in [3.8, 4) is 0 Å². The molecule has 0 aromatic heterocycles. The van der Waals surface area contributed by atoms with Gasteiger partial charge in [0.1, 0.15) is 6.61 Å². The zero-order valence-corrected chi connectivity index (χ0v) is 8.32. The van der Waals surface area contributed by atoms with E-state index >= 15 is 0 Å². The molecule has 0 radical (unpaired) electrons. The van der Waals surface area contributed by atoms with Crippen molar-refractivity contribution in [2.24, 2.45) is 5.73 Å². The normalized spacial score (nSPS) is 28.5. The average Bonchev–Trinajstić information content (AvgIpc) is 2.72. The number of hydrogen-bond acceptors (Lipinski definition) is 4. The largest absolute Gasteiger partial charge is 0.448 e. The molecule has 1 atom stereocenters. The summed E-state index contributed by atoms with van der Waals surface area (Å²) in [5, 5.41) is 0. The number of carbonyl (C=O) groups excluding carboxylic acids is 1. The van der Waals surface area contributed by atoms with Crippen molar-refractivity contribution in [3.05, 3.63) is 0 Å². The van der Waals surface area contributed by atoms with Gasteiger partial charge in [-0.05, 0) is 13.0 Å². The summed E-state index contributed by atoms with van der Waals surface area (Å²) < 4.78 is 4.85. The molecular weight excluding hydrogens is 182 g/mol. The number of cyclic esters (lactones) is 1. The zero-order valence-electron chi connectivity index (χ0n) is 8.32. The van der Waals surface area contributed by atoms with Gasteiger partial charge in [-0.15, -0.1) is 0 Å². The summed E-state index contributed by atoms with van der Waals surface area (Å²) in [6.07, 6.45) is 0.901. The van der Waals surface area contributed by atoms with Crippen LogP contribution >= 0.6 is 0 Å². The van der Waals surface area contributed by atoms with Crippen molar-refractivity contribution < 1.29 is 9.53 Å². The number of amides is 1. The highest BCUT2D eigenvalue weighted by Gasteiger charge is 2.24. The Kier molecular flexibility index (Phi) is 2.88. The van der Waals surface area contributed by atoms with E-state index in [0.29, 0.717) is 12.6 Å². The fourth-order valence-electron chi connectivity index (χ4n) is 1.96. The lowest BCUT2D eigenvalue weighted by Crippen LogP contribution is -2.35. The third-order valence-electron chi connectivity index (χ3n) is 2.84. The minimum atomic E-state index is -0.173. The van der Waals surface area contributed by atoms with Gasteiger partial charge in [0.25, 0.3) is 0 Å². The second-order valence-electron chi connectivity index (χ2n) is 3.95. The topological polar surface area (TPSA) is 58.8 Å². The summed E-state index contributed by atoms with van der Waals surface area (Å²) in [5.74, 6) is 0. The summed E-state index contributed by atoms with van der Waals surface area (Å²) in [6.45, 7) is 4.98. The molecular formula is C9H17N3O2. The van der Waals surface area contributed by atoms with Crippen LogP contribution in [0.1, 0.15) is 6.42 Å². The van der Waals surface area contributed by atoms with Crippen LogP contribution in [-0.2, 0) is 4.74 Å². The second-order valence-corrected chi connectivity index (χ2v) is 3.95. The van der Waals surface area contributed by atoms with Gasteiger partial charge in [0.15, 0.2) is 0 Å². The first-order valence-corrected chi connectivity index (χ1v) is 5.15. The van der Waals surface area contributed by atoms with Gasteiger partial charge in [0.05, 0.1) is 6.54 Å². The van der Waals surface area contributed by atoms with Gasteiger partial charge in [-0.2, -0.15) is 0 Å². The Morgan fingerprint density at radius 2 is 2.29 bits per heavy atom. The second kappa shape index (κ2) is 4.14. The van der Waals surface area contributed by atoms with Gasteiger partial charge in [0, 0.05) is 25.7 Å². The lowest BCUT2D eigenvalue weighted by molar-refractivity contribution is 0.155. The number of hydrogen-bond donors (Lipinski definition) is 1. The SMILES string of the molecule is NC1CCN(CCN2CCOC2=O)C1. The Morgan fingerprint density at radius 3 is 2.86 bits per heavy atom. The molecule has 80 valence electrons. The van der Waals surface area contributed by atoms with Crippen molar-refractivity contribution in [1.82, 2.24) is 9.80 Å². The molecule has 0 aromatic carbocycles. The Balaban J connectivity index is 1.69. The molecule has 2 saturated heterocycles. The van der Waals surface area contributed by atoms with E-state index in [1.165, 1.54) is 0 Å². The molecule has 2 rings (SSSR count). The van der Waals surface area contributed by atoms with E-state index in [2.05, 4.69) is 4.90 Å². The van der Waals surface area contributed by atoms with E-state index in [1.807, 2.05) is 0 Å². The smallest absolute Gasteiger partial charge is 0.409 e. The molecule has 2 heterocycles. The minimum absolute atomic E-state index is 0.173. The van der Waals surface area contributed by atoms with E-state index < -0.39 is 0 Å². The molecule has 5 heteroatoms. The van der Waals surface area contributed by atoms with E-state index in [0.717, 1.165) is 39.1 Å². The van der Waals surface area contributed by atoms with Crippen molar-refractivity contribution in [2.75, 3.05) is 39.3 Å². The summed E-state index contributed by atoms with van der Waals surface area (Å²) in [4.78, 5) is 15.2. The van der Waals surface area contributed by atoms with Crippen molar-refractivity contribution in [2.45, 2.75) is 12.5 Å². The average molecular weight is 199 g/mol. The summed E-state index contributed by atoms with van der Waals surface area (Å²) in [6, 6.07) is 0.320. The van der Waals surface area contributed by atoms with Gasteiger partial charge in [-0.25, -0.2) is 4.79 Å². The number of ether oxygens (including phenoxy) is 1. The van der Waals surface area contributed by atoms with Gasteiger partial charge >= 0.3 is 6.09 Å². The number of likely N-dealkylation sites (tertiary alicyclic amines) is 1. The predicted octanol–water partition coefficient (Wildman–Crippen LogP) is -0.528. The molecule has 2 aliphatic heterocycles. The molecule has 1 amide bonds. The molecule has 0 bridgehead atoms. The number of nitrogens with two attached hydrogens (primary N) is 1. The quantitative estimate of drug-likeness (QED) is 0.664. The fraction of sp³-hybridized carbons (Fsp3) is 0.889. The molecule has 0 aromatic rings. The van der Waals surface area contributed by atoms with Crippen LogP contribution in [0, 0.1) is 0 Å². The maximum absolute atomic E-state index is 11.1. The van der Waals surface area contributed by atoms with Crippen LogP contribution in [0.15, 0.2) is 0 Å². The highest BCUT2D eigenvalue weighted by molar-refractivity contribution is 5.69. The van der Waals surface area contributed by atoms with Gasteiger partial charge in [-0.1, -0.05) is 0 Å². The lowest BCUT2D eigenvalue weighted by Gasteiger charge is -2.19. The molecule has 1 unspecified atom stereocenters. The van der Waals surface area contributed by atoms with Crippen molar-refractivity contribution in [3.63, 3.8) is 0 Å². The van der Waals surface area contributed by atoms with Crippen LogP contribution in [0.25, 0.3) is 0 Å². The van der Waals surface area contributed by atoms with Crippen molar-refractivity contribution >= 4 is 6.09 Å². The number of carbonyl (C=O) groups is 1. The Morgan fingerprint density at radius 1 is 1.43 bits per heavy atom. The number of nitrogens with zero attached hydrogens (tertiary/aromatic N) is 2. The van der Waals surface area contributed by atoms with E-state index in [1.54, 1.807) is 4.90 Å². The van der Waals surface area contributed by atoms with Crippen LogP contribution in [0.5, 0.6) is 0 Å². The molecule has 14 heavy (non-hydrogen) atoms.